The maximum atomic E-state index is 12.0. The van der Waals surface area contributed by atoms with Gasteiger partial charge in [0.05, 0.1) is 5.41 Å². The minimum atomic E-state index is -0.749. The molecule has 21 heavy (non-hydrogen) atoms. The molecule has 2 fully saturated rings. The molecule has 1 aliphatic carbocycles. The molecule has 1 aliphatic heterocycles. The lowest BCUT2D eigenvalue weighted by Gasteiger charge is -2.35. The fraction of sp³-hybridized carbons (Fsp3) is 0.588. The average molecular weight is 306 g/mol. The van der Waals surface area contributed by atoms with Gasteiger partial charge in [-0.1, -0.05) is 37.5 Å². The van der Waals surface area contributed by atoms with E-state index in [4.69, 9.17) is 4.74 Å². The van der Waals surface area contributed by atoms with Crippen molar-refractivity contribution in [1.82, 2.24) is 0 Å². The van der Waals surface area contributed by atoms with Crippen LogP contribution in [0.2, 0.25) is 0 Å². The van der Waals surface area contributed by atoms with Crippen molar-refractivity contribution in [2.24, 2.45) is 0 Å². The summed E-state index contributed by atoms with van der Waals surface area (Å²) in [6.07, 6.45) is 5.84. The molecular weight excluding hydrogens is 284 g/mol. The zero-order valence-corrected chi connectivity index (χ0v) is 13.0. The van der Waals surface area contributed by atoms with Crippen molar-refractivity contribution in [2.75, 3.05) is 11.5 Å². The first-order valence-electron chi connectivity index (χ1n) is 7.80. The second-order valence-corrected chi connectivity index (χ2v) is 7.20. The number of carbonyl (C=O) groups is 1. The van der Waals surface area contributed by atoms with Crippen molar-refractivity contribution < 1.29 is 14.6 Å². The maximum absolute atomic E-state index is 12.0. The lowest BCUT2D eigenvalue weighted by atomic mass is 9.69. The van der Waals surface area contributed by atoms with Gasteiger partial charge in [-0.3, -0.25) is 4.79 Å². The predicted molar refractivity (Wildman–Crippen MR) is 85.2 cm³/mol. The molecule has 3 rings (SSSR count). The third-order valence-corrected chi connectivity index (χ3v) is 5.83. The zero-order valence-electron chi connectivity index (χ0n) is 12.2. The van der Waals surface area contributed by atoms with Gasteiger partial charge in [0.1, 0.15) is 11.9 Å². The van der Waals surface area contributed by atoms with Gasteiger partial charge in [-0.2, -0.15) is 11.8 Å². The van der Waals surface area contributed by atoms with Crippen LogP contribution in [0.3, 0.4) is 0 Å². The van der Waals surface area contributed by atoms with Crippen molar-refractivity contribution >= 4 is 17.7 Å². The Bertz CT molecular complexity index is 503. The van der Waals surface area contributed by atoms with Gasteiger partial charge in [-0.25, -0.2) is 0 Å². The molecule has 1 saturated heterocycles. The van der Waals surface area contributed by atoms with Gasteiger partial charge < -0.3 is 9.84 Å². The number of hydrogen-bond donors (Lipinski definition) is 1. The fourth-order valence-corrected chi connectivity index (χ4v) is 4.60. The van der Waals surface area contributed by atoms with Gasteiger partial charge in [0.25, 0.3) is 0 Å². The van der Waals surface area contributed by atoms with Crippen LogP contribution in [0, 0.1) is 0 Å². The van der Waals surface area contributed by atoms with E-state index in [0.29, 0.717) is 0 Å². The van der Waals surface area contributed by atoms with E-state index in [9.17, 15) is 9.90 Å². The monoisotopic (exact) mass is 306 g/mol. The zero-order chi connectivity index (χ0) is 14.7. The number of thioether (sulfide) groups is 1. The highest BCUT2D eigenvalue weighted by molar-refractivity contribution is 7.99. The Morgan fingerprint density at radius 3 is 2.67 bits per heavy atom. The first kappa shape index (κ1) is 14.8. The molecule has 0 radical (unpaired) electrons. The molecule has 4 heteroatoms. The number of benzene rings is 1. The lowest BCUT2D eigenvalue weighted by Crippen LogP contribution is -2.38. The van der Waals surface area contributed by atoms with E-state index in [-0.39, 0.29) is 6.10 Å². The number of rotatable bonds is 4. The first-order valence-corrected chi connectivity index (χ1v) is 8.95. The second-order valence-electron chi connectivity index (χ2n) is 6.05. The summed E-state index contributed by atoms with van der Waals surface area (Å²) < 4.78 is 6.15. The van der Waals surface area contributed by atoms with Gasteiger partial charge >= 0.3 is 5.97 Å². The average Bonchev–Trinajstić information content (AvgIpc) is 3.01. The van der Waals surface area contributed by atoms with Crippen LogP contribution in [-0.2, 0) is 10.2 Å². The van der Waals surface area contributed by atoms with Crippen LogP contribution < -0.4 is 4.74 Å². The summed E-state index contributed by atoms with van der Waals surface area (Å²) in [4.78, 5) is 12.0. The minimum Gasteiger partial charge on any atom is -0.489 e. The smallest absolute Gasteiger partial charge is 0.314 e. The van der Waals surface area contributed by atoms with Gasteiger partial charge in [0, 0.05) is 11.3 Å². The van der Waals surface area contributed by atoms with Crippen molar-refractivity contribution in [3.63, 3.8) is 0 Å². The van der Waals surface area contributed by atoms with Crippen LogP contribution in [0.4, 0.5) is 0 Å². The van der Waals surface area contributed by atoms with Gasteiger partial charge in [0.2, 0.25) is 0 Å². The highest BCUT2D eigenvalue weighted by atomic mass is 32.2. The van der Waals surface area contributed by atoms with Crippen LogP contribution in [-0.4, -0.2) is 28.7 Å². The minimum absolute atomic E-state index is 0.227. The molecule has 1 N–H and O–H groups in total. The van der Waals surface area contributed by atoms with Crippen molar-refractivity contribution in [2.45, 2.75) is 50.0 Å². The van der Waals surface area contributed by atoms with E-state index >= 15 is 0 Å². The molecule has 1 saturated carbocycles. The summed E-state index contributed by atoms with van der Waals surface area (Å²) in [7, 11) is 0. The summed E-state index contributed by atoms with van der Waals surface area (Å²) >= 11 is 1.91. The maximum Gasteiger partial charge on any atom is 0.314 e. The standard InChI is InChI=1S/C17H22O3S/c18-16(19)17(9-4-1-5-10-17)14-6-2-3-7-15(14)20-13-8-11-21-12-13/h2-3,6-7,13H,1,4-5,8-12H2,(H,18,19). The SMILES string of the molecule is O=C(O)C1(c2ccccc2OC2CCSC2)CCCCC1. The van der Waals surface area contributed by atoms with E-state index in [1.54, 1.807) is 0 Å². The predicted octanol–water partition coefficient (Wildman–Crippen LogP) is 3.86. The third kappa shape index (κ3) is 2.91. The van der Waals surface area contributed by atoms with E-state index in [2.05, 4.69) is 0 Å². The molecule has 2 aliphatic rings. The van der Waals surface area contributed by atoms with Crippen LogP contribution >= 0.6 is 11.8 Å². The van der Waals surface area contributed by atoms with Gasteiger partial charge in [-0.05, 0) is 31.1 Å². The number of carboxylic acids is 1. The molecule has 1 unspecified atom stereocenters. The molecule has 1 aromatic carbocycles. The van der Waals surface area contributed by atoms with Crippen molar-refractivity contribution in [3.8, 4) is 5.75 Å². The topological polar surface area (TPSA) is 46.5 Å². The van der Waals surface area contributed by atoms with E-state index in [1.807, 2.05) is 36.0 Å². The first-order chi connectivity index (χ1) is 10.2. The molecule has 0 spiro atoms. The molecule has 1 atom stereocenters. The normalized spacial score (nSPS) is 24.7. The largest absolute Gasteiger partial charge is 0.489 e. The second kappa shape index (κ2) is 6.30. The summed E-state index contributed by atoms with van der Waals surface area (Å²) in [6.45, 7) is 0. The molecule has 1 heterocycles. The number of para-hydroxylation sites is 1. The van der Waals surface area contributed by atoms with Crippen LogP contribution in [0.1, 0.15) is 44.1 Å². The van der Waals surface area contributed by atoms with E-state index in [1.165, 1.54) is 0 Å². The molecule has 1 aromatic rings. The summed E-state index contributed by atoms with van der Waals surface area (Å²) in [5.41, 5.74) is 0.134. The number of ether oxygens (including phenoxy) is 1. The quantitative estimate of drug-likeness (QED) is 0.917. The van der Waals surface area contributed by atoms with Gasteiger partial charge in [0.15, 0.2) is 0 Å². The lowest BCUT2D eigenvalue weighted by molar-refractivity contribution is -0.145. The molecule has 0 bridgehead atoms. The Morgan fingerprint density at radius 1 is 1.24 bits per heavy atom. The van der Waals surface area contributed by atoms with E-state index in [0.717, 1.165) is 61.3 Å². The summed E-state index contributed by atoms with van der Waals surface area (Å²) in [6, 6.07) is 7.78. The Hall–Kier alpha value is -1.16. The van der Waals surface area contributed by atoms with Crippen molar-refractivity contribution in [1.29, 1.82) is 0 Å². The third-order valence-electron chi connectivity index (χ3n) is 4.70. The number of hydrogen-bond acceptors (Lipinski definition) is 3. The Balaban J connectivity index is 1.93. The molecule has 3 nitrogen and oxygen atoms in total. The van der Waals surface area contributed by atoms with E-state index < -0.39 is 11.4 Å². The van der Waals surface area contributed by atoms with Crippen molar-refractivity contribution in [3.05, 3.63) is 29.8 Å². The number of carboxylic acid groups (broad SMARTS) is 1. The molecule has 114 valence electrons. The Morgan fingerprint density at radius 2 is 2.00 bits per heavy atom. The van der Waals surface area contributed by atoms with Crippen LogP contribution in [0.15, 0.2) is 24.3 Å². The van der Waals surface area contributed by atoms with Crippen LogP contribution in [0.25, 0.3) is 0 Å². The van der Waals surface area contributed by atoms with Gasteiger partial charge in [-0.15, -0.1) is 0 Å². The Kier molecular flexibility index (Phi) is 4.43. The highest BCUT2D eigenvalue weighted by Gasteiger charge is 2.43. The van der Waals surface area contributed by atoms with Crippen LogP contribution in [0.5, 0.6) is 5.75 Å². The Labute approximate surface area is 130 Å². The fourth-order valence-electron chi connectivity index (χ4n) is 3.50. The molecular formula is C17H22O3S. The molecule has 0 amide bonds. The number of aliphatic carboxylic acids is 1. The highest BCUT2D eigenvalue weighted by Crippen LogP contribution is 2.44. The summed E-state index contributed by atoms with van der Waals surface area (Å²) in [5, 5.41) is 9.87. The summed E-state index contributed by atoms with van der Waals surface area (Å²) in [5.74, 6) is 2.24. The molecule has 0 aromatic heterocycles.